The Bertz CT molecular complexity index is 902. The van der Waals surface area contributed by atoms with E-state index in [2.05, 4.69) is 9.97 Å². The zero-order valence-corrected chi connectivity index (χ0v) is 13.7. The number of fused-ring (bicyclic) bond motifs is 1. The highest BCUT2D eigenvalue weighted by Crippen LogP contribution is 2.40. The molecule has 1 saturated carbocycles. The second-order valence-electron chi connectivity index (χ2n) is 6.86. The van der Waals surface area contributed by atoms with Gasteiger partial charge in [0.15, 0.2) is 4.77 Å². The van der Waals surface area contributed by atoms with Crippen molar-refractivity contribution < 1.29 is 13.2 Å². The van der Waals surface area contributed by atoms with Crippen molar-refractivity contribution in [2.24, 2.45) is 0 Å². The molecule has 0 saturated heterocycles. The minimum absolute atomic E-state index is 0.00523. The Morgan fingerprint density at radius 1 is 1.30 bits per heavy atom. The Kier molecular flexibility index (Phi) is 3.44. The topological polar surface area (TPSA) is 50.7 Å². The van der Waals surface area contributed by atoms with Gasteiger partial charge in [-0.2, -0.15) is 13.2 Å². The highest BCUT2D eigenvalue weighted by Gasteiger charge is 2.37. The smallest absolute Gasteiger partial charge is 0.299 e. The number of halogens is 3. The number of rotatable bonds is 1. The lowest BCUT2D eigenvalue weighted by molar-refractivity contribution is -0.136. The molecule has 0 spiro atoms. The van der Waals surface area contributed by atoms with E-state index >= 15 is 0 Å². The van der Waals surface area contributed by atoms with E-state index in [9.17, 15) is 18.0 Å². The van der Waals surface area contributed by atoms with E-state index in [1.54, 1.807) is 25.3 Å². The molecule has 1 aliphatic carbocycles. The first-order chi connectivity index (χ1) is 10.5. The van der Waals surface area contributed by atoms with Crippen LogP contribution in [0.15, 0.2) is 10.9 Å². The molecule has 3 rings (SSSR count). The molecule has 0 atom stereocenters. The van der Waals surface area contributed by atoms with E-state index < -0.39 is 28.1 Å². The lowest BCUT2D eigenvalue weighted by atomic mass is 9.90. The predicted molar refractivity (Wildman–Crippen MR) is 83.2 cm³/mol. The molecule has 1 aliphatic rings. The summed E-state index contributed by atoms with van der Waals surface area (Å²) in [7, 11) is 0. The van der Waals surface area contributed by atoms with Crippen LogP contribution in [0.4, 0.5) is 13.2 Å². The van der Waals surface area contributed by atoms with Crippen LogP contribution in [0.5, 0.6) is 0 Å². The summed E-state index contributed by atoms with van der Waals surface area (Å²) in [5, 5.41) is -0.439. The third kappa shape index (κ3) is 2.80. The van der Waals surface area contributed by atoms with Crippen molar-refractivity contribution in [2.75, 3.05) is 0 Å². The van der Waals surface area contributed by atoms with Crippen molar-refractivity contribution in [3.05, 3.63) is 32.4 Å². The van der Waals surface area contributed by atoms with Crippen molar-refractivity contribution >= 4 is 23.3 Å². The minimum atomic E-state index is -4.64. The van der Waals surface area contributed by atoms with Crippen molar-refractivity contribution in [3.8, 4) is 0 Å². The van der Waals surface area contributed by atoms with E-state index in [1.165, 1.54) is 0 Å². The van der Waals surface area contributed by atoms with Crippen LogP contribution in [-0.4, -0.2) is 14.5 Å². The van der Waals surface area contributed by atoms with Gasteiger partial charge in [-0.05, 0) is 31.1 Å². The average molecular weight is 343 g/mol. The fourth-order valence-electron chi connectivity index (χ4n) is 2.53. The van der Waals surface area contributed by atoms with E-state index in [1.807, 2.05) is 0 Å². The summed E-state index contributed by atoms with van der Waals surface area (Å²) >= 11 is 5.14. The number of aromatic amines is 1. The predicted octanol–water partition coefficient (Wildman–Crippen LogP) is 4.11. The Labute approximate surface area is 135 Å². The molecule has 4 nitrogen and oxygen atoms in total. The number of alkyl halides is 3. The van der Waals surface area contributed by atoms with Crippen molar-refractivity contribution in [1.82, 2.24) is 14.5 Å². The van der Waals surface area contributed by atoms with Gasteiger partial charge < -0.3 is 0 Å². The number of nitrogens with zero attached hydrogens (tertiary/aromatic N) is 2. The van der Waals surface area contributed by atoms with Gasteiger partial charge in [0, 0.05) is 17.2 Å². The fraction of sp³-hybridized carbons (Fsp3) is 0.533. The Morgan fingerprint density at radius 2 is 1.91 bits per heavy atom. The van der Waals surface area contributed by atoms with Crippen molar-refractivity contribution in [2.45, 2.75) is 51.2 Å². The molecule has 8 heteroatoms. The molecule has 0 bridgehead atoms. The second-order valence-corrected chi connectivity index (χ2v) is 7.25. The molecule has 2 heterocycles. The standard InChI is InChI=1S/C15H16F3N3OS/c1-14(2,3)9-6-8(15(16,17)18)10-11(19-9)21(7-4-5-7)13(23)20-12(10)22/h6-7H,4-5H2,1-3H3,(H,20,22,23). The lowest BCUT2D eigenvalue weighted by Gasteiger charge is -2.22. The van der Waals surface area contributed by atoms with E-state index in [4.69, 9.17) is 12.2 Å². The molecule has 2 aromatic rings. The summed E-state index contributed by atoms with van der Waals surface area (Å²) in [5.41, 5.74) is -2.08. The van der Waals surface area contributed by atoms with Crippen molar-refractivity contribution in [3.63, 3.8) is 0 Å². The van der Waals surface area contributed by atoms with Gasteiger partial charge in [-0.3, -0.25) is 14.3 Å². The molecule has 0 unspecified atom stereocenters. The molecule has 124 valence electrons. The first kappa shape index (κ1) is 16.2. The van der Waals surface area contributed by atoms with Crippen LogP contribution in [0.2, 0.25) is 0 Å². The van der Waals surface area contributed by atoms with E-state index in [-0.39, 0.29) is 22.2 Å². The number of pyridine rings is 1. The summed E-state index contributed by atoms with van der Waals surface area (Å²) in [6.45, 7) is 5.35. The fourth-order valence-corrected chi connectivity index (χ4v) is 2.85. The first-order valence-electron chi connectivity index (χ1n) is 7.27. The molecule has 23 heavy (non-hydrogen) atoms. The maximum atomic E-state index is 13.5. The van der Waals surface area contributed by atoms with Gasteiger partial charge in [0.05, 0.1) is 10.9 Å². The molecule has 0 radical (unpaired) electrons. The summed E-state index contributed by atoms with van der Waals surface area (Å²) in [6.07, 6.45) is -3.00. The van der Waals surface area contributed by atoms with Gasteiger partial charge in [-0.1, -0.05) is 20.8 Å². The molecule has 1 fully saturated rings. The molecular weight excluding hydrogens is 327 g/mol. The summed E-state index contributed by atoms with van der Waals surface area (Å²) in [5.74, 6) is 0. The summed E-state index contributed by atoms with van der Waals surface area (Å²) in [4.78, 5) is 18.9. The van der Waals surface area contributed by atoms with Gasteiger partial charge in [0.2, 0.25) is 0 Å². The molecule has 0 amide bonds. The maximum Gasteiger partial charge on any atom is 0.417 e. The van der Waals surface area contributed by atoms with E-state index in [0.29, 0.717) is 0 Å². The molecule has 0 aromatic carbocycles. The maximum absolute atomic E-state index is 13.5. The largest absolute Gasteiger partial charge is 0.417 e. The first-order valence-corrected chi connectivity index (χ1v) is 7.68. The zero-order valence-electron chi connectivity index (χ0n) is 12.9. The third-order valence-electron chi connectivity index (χ3n) is 3.88. The monoisotopic (exact) mass is 343 g/mol. The number of nitrogens with one attached hydrogen (secondary N) is 1. The van der Waals surface area contributed by atoms with Gasteiger partial charge >= 0.3 is 6.18 Å². The average Bonchev–Trinajstić information content (AvgIpc) is 3.19. The highest BCUT2D eigenvalue weighted by molar-refractivity contribution is 7.71. The Balaban J connectivity index is 2.53. The Hall–Kier alpha value is -1.70. The number of H-pyrrole nitrogens is 1. The molecule has 2 aromatic heterocycles. The van der Waals surface area contributed by atoms with Crippen LogP contribution in [0, 0.1) is 4.77 Å². The lowest BCUT2D eigenvalue weighted by Crippen LogP contribution is -2.23. The van der Waals surface area contributed by atoms with Gasteiger partial charge in [-0.15, -0.1) is 0 Å². The molecule has 0 aliphatic heterocycles. The van der Waals surface area contributed by atoms with Crippen LogP contribution in [0.1, 0.15) is 50.9 Å². The highest BCUT2D eigenvalue weighted by atomic mass is 32.1. The van der Waals surface area contributed by atoms with E-state index in [0.717, 1.165) is 18.9 Å². The summed E-state index contributed by atoms with van der Waals surface area (Å²) in [6, 6.07) is 0.975. The van der Waals surface area contributed by atoms with Gasteiger partial charge in [0.1, 0.15) is 5.65 Å². The van der Waals surface area contributed by atoms with Crippen LogP contribution in [0.25, 0.3) is 11.0 Å². The summed E-state index contributed by atoms with van der Waals surface area (Å²) < 4.78 is 42.2. The second kappa shape index (κ2) is 4.90. The number of hydrogen-bond acceptors (Lipinski definition) is 3. The minimum Gasteiger partial charge on any atom is -0.299 e. The quantitative estimate of drug-likeness (QED) is 0.793. The normalized spacial score (nSPS) is 16.1. The SMILES string of the molecule is CC(C)(C)c1cc(C(F)(F)F)c2c(=O)[nH]c(=S)n(C3CC3)c2n1. The van der Waals surface area contributed by atoms with Gasteiger partial charge in [-0.25, -0.2) is 4.98 Å². The van der Waals surface area contributed by atoms with Crippen molar-refractivity contribution in [1.29, 1.82) is 0 Å². The van der Waals surface area contributed by atoms with Crippen LogP contribution in [-0.2, 0) is 11.6 Å². The van der Waals surface area contributed by atoms with Crippen LogP contribution in [0.3, 0.4) is 0 Å². The molecule has 1 N–H and O–H groups in total. The van der Waals surface area contributed by atoms with Gasteiger partial charge in [0.25, 0.3) is 5.56 Å². The number of aromatic nitrogens is 3. The molecular formula is C15H16F3N3OS. The van der Waals surface area contributed by atoms with Crippen LogP contribution < -0.4 is 5.56 Å². The van der Waals surface area contributed by atoms with Crippen LogP contribution >= 0.6 is 12.2 Å². The Morgan fingerprint density at radius 3 is 2.39 bits per heavy atom. The third-order valence-corrected chi connectivity index (χ3v) is 4.18. The number of hydrogen-bond donors (Lipinski definition) is 1. The zero-order chi connectivity index (χ0) is 17.2.